The summed E-state index contributed by atoms with van der Waals surface area (Å²) in [6.45, 7) is 4.78. The minimum Gasteiger partial charge on any atom is -0.379 e. The molecule has 0 spiro atoms. The number of rotatable bonds is 7. The maximum Gasteiger partial charge on any atom is 0.146 e. The summed E-state index contributed by atoms with van der Waals surface area (Å²) < 4.78 is 7.36. The molecule has 4 aromatic heterocycles. The van der Waals surface area contributed by atoms with Gasteiger partial charge in [-0.15, -0.1) is 22.7 Å². The molecule has 1 saturated heterocycles. The summed E-state index contributed by atoms with van der Waals surface area (Å²) in [5.41, 5.74) is 3.43. The molecule has 1 aliphatic heterocycles. The average molecular weight is 489 g/mol. The summed E-state index contributed by atoms with van der Waals surface area (Å²) in [5, 5.41) is 13.3. The Morgan fingerprint density at radius 1 is 1.00 bits per heavy atom. The van der Waals surface area contributed by atoms with Crippen LogP contribution in [-0.2, 0) is 17.8 Å². The molecule has 6 rings (SSSR count). The van der Waals surface area contributed by atoms with Crippen molar-refractivity contribution in [3.8, 4) is 16.1 Å². The van der Waals surface area contributed by atoms with Crippen molar-refractivity contribution in [2.45, 2.75) is 13.1 Å². The number of thiophene rings is 2. The fourth-order valence-corrected chi connectivity index (χ4v) is 5.91. The standard InChI is InChI=1S/C25H24N6OS2/c1-3-21(33-14-1)20-17-34-25-23(20)24(28-22(29-25)16-30-10-12-32-13-11-30)26-15-18-4-6-19(7-5-18)31-9-2-8-27-31/h1-9,14,17H,10-13,15-16H2,(H,26,28,29). The number of benzene rings is 1. The van der Waals surface area contributed by atoms with Crippen LogP contribution in [-0.4, -0.2) is 51.0 Å². The monoisotopic (exact) mass is 488 g/mol. The normalized spacial score (nSPS) is 14.6. The number of hydrogen-bond donors (Lipinski definition) is 1. The number of anilines is 1. The molecule has 0 bridgehead atoms. The lowest BCUT2D eigenvalue weighted by Crippen LogP contribution is -2.36. The van der Waals surface area contributed by atoms with E-state index in [2.05, 4.69) is 62.5 Å². The number of aromatic nitrogens is 4. The van der Waals surface area contributed by atoms with Crippen molar-refractivity contribution in [2.24, 2.45) is 0 Å². The zero-order valence-corrected chi connectivity index (χ0v) is 20.2. The molecule has 0 radical (unpaired) electrons. The maximum atomic E-state index is 5.50. The maximum absolute atomic E-state index is 5.50. The summed E-state index contributed by atoms with van der Waals surface area (Å²) in [5.74, 6) is 1.75. The van der Waals surface area contributed by atoms with Crippen molar-refractivity contribution in [1.29, 1.82) is 0 Å². The first-order chi connectivity index (χ1) is 16.8. The van der Waals surface area contributed by atoms with Crippen molar-refractivity contribution in [1.82, 2.24) is 24.6 Å². The summed E-state index contributed by atoms with van der Waals surface area (Å²) in [7, 11) is 0. The quantitative estimate of drug-likeness (QED) is 0.346. The van der Waals surface area contributed by atoms with Gasteiger partial charge in [0.25, 0.3) is 0 Å². The van der Waals surface area contributed by atoms with E-state index in [-0.39, 0.29) is 0 Å². The van der Waals surface area contributed by atoms with E-state index in [0.717, 1.165) is 60.4 Å². The van der Waals surface area contributed by atoms with Crippen molar-refractivity contribution in [3.05, 3.63) is 77.0 Å². The zero-order chi connectivity index (χ0) is 22.7. The smallest absolute Gasteiger partial charge is 0.146 e. The third-order valence-electron chi connectivity index (χ3n) is 5.90. The molecule has 9 heteroatoms. The van der Waals surface area contributed by atoms with Crippen molar-refractivity contribution in [3.63, 3.8) is 0 Å². The molecule has 1 aromatic carbocycles. The Morgan fingerprint density at radius 2 is 1.88 bits per heavy atom. The van der Waals surface area contributed by atoms with Gasteiger partial charge in [-0.1, -0.05) is 18.2 Å². The molecule has 172 valence electrons. The van der Waals surface area contributed by atoms with Gasteiger partial charge in [0.2, 0.25) is 0 Å². The predicted molar refractivity (Wildman–Crippen MR) is 138 cm³/mol. The van der Waals surface area contributed by atoms with Crippen molar-refractivity contribution >= 4 is 38.7 Å². The molecule has 0 unspecified atom stereocenters. The van der Waals surface area contributed by atoms with Gasteiger partial charge < -0.3 is 10.1 Å². The topological polar surface area (TPSA) is 68.1 Å². The fourth-order valence-electron chi connectivity index (χ4n) is 4.13. The Hall–Kier alpha value is -3.11. The van der Waals surface area contributed by atoms with Gasteiger partial charge in [0.15, 0.2) is 0 Å². The van der Waals surface area contributed by atoms with Crippen molar-refractivity contribution < 1.29 is 4.74 Å². The number of nitrogens with zero attached hydrogens (tertiary/aromatic N) is 5. The second-order valence-corrected chi connectivity index (χ2v) is 9.96. The van der Waals surface area contributed by atoms with Gasteiger partial charge in [-0.2, -0.15) is 5.10 Å². The van der Waals surface area contributed by atoms with E-state index in [1.54, 1.807) is 28.9 Å². The number of fused-ring (bicyclic) bond motifs is 1. The van der Waals surface area contributed by atoms with Crippen LogP contribution in [0.5, 0.6) is 0 Å². The molecule has 0 atom stereocenters. The molecule has 0 aliphatic carbocycles. The number of hydrogen-bond acceptors (Lipinski definition) is 8. The second kappa shape index (κ2) is 9.63. The van der Waals surface area contributed by atoms with Crippen molar-refractivity contribution in [2.75, 3.05) is 31.6 Å². The molecule has 5 aromatic rings. The Morgan fingerprint density at radius 3 is 2.65 bits per heavy atom. The molecule has 7 nitrogen and oxygen atoms in total. The SMILES string of the molecule is c1csc(-c2csc3nc(CN4CCOCC4)nc(NCc4ccc(-n5cccn5)cc4)c23)c1. The highest BCUT2D eigenvalue weighted by atomic mass is 32.1. The number of nitrogens with one attached hydrogen (secondary N) is 1. The van der Waals surface area contributed by atoms with Gasteiger partial charge in [-0.3, -0.25) is 4.90 Å². The predicted octanol–water partition coefficient (Wildman–Crippen LogP) is 5.05. The van der Waals surface area contributed by atoms with Gasteiger partial charge in [0.1, 0.15) is 16.5 Å². The van der Waals surface area contributed by atoms with Gasteiger partial charge in [0, 0.05) is 47.8 Å². The van der Waals surface area contributed by atoms with Gasteiger partial charge >= 0.3 is 0 Å². The van der Waals surface area contributed by atoms with Gasteiger partial charge in [-0.05, 0) is 35.2 Å². The Labute approximate surface area is 205 Å². The highest BCUT2D eigenvalue weighted by molar-refractivity contribution is 7.18. The summed E-state index contributed by atoms with van der Waals surface area (Å²) in [6.07, 6.45) is 3.74. The van der Waals surface area contributed by atoms with Crippen LogP contribution in [0.25, 0.3) is 26.3 Å². The van der Waals surface area contributed by atoms with Crippen LogP contribution >= 0.6 is 22.7 Å². The molecule has 34 heavy (non-hydrogen) atoms. The van der Waals surface area contributed by atoms with Gasteiger partial charge in [-0.25, -0.2) is 14.6 Å². The van der Waals surface area contributed by atoms with E-state index in [4.69, 9.17) is 14.7 Å². The average Bonchev–Trinajstić information content (AvgIpc) is 3.65. The number of morpholine rings is 1. The molecule has 1 aliphatic rings. The second-order valence-electron chi connectivity index (χ2n) is 8.15. The minimum atomic E-state index is 0.683. The molecule has 5 heterocycles. The van der Waals surface area contributed by atoms with E-state index in [0.29, 0.717) is 6.54 Å². The molecule has 1 fully saturated rings. The Balaban J connectivity index is 1.30. The molecule has 0 amide bonds. The highest BCUT2D eigenvalue weighted by Gasteiger charge is 2.18. The highest BCUT2D eigenvalue weighted by Crippen LogP contribution is 2.39. The van der Waals surface area contributed by atoms with Crippen LogP contribution < -0.4 is 5.32 Å². The zero-order valence-electron chi connectivity index (χ0n) is 18.6. The Bertz CT molecular complexity index is 1360. The van der Waals surface area contributed by atoms with E-state index in [1.807, 2.05) is 16.9 Å². The fraction of sp³-hybridized carbons (Fsp3) is 0.240. The lowest BCUT2D eigenvalue weighted by atomic mass is 10.1. The van der Waals surface area contributed by atoms with E-state index >= 15 is 0 Å². The lowest BCUT2D eigenvalue weighted by molar-refractivity contribution is 0.0331. The van der Waals surface area contributed by atoms with Crippen LogP contribution in [0.3, 0.4) is 0 Å². The third kappa shape index (κ3) is 4.47. The minimum absolute atomic E-state index is 0.683. The first kappa shape index (κ1) is 21.4. The van der Waals surface area contributed by atoms with E-state index in [9.17, 15) is 0 Å². The van der Waals surface area contributed by atoms with Crippen LogP contribution in [0, 0.1) is 0 Å². The summed E-state index contributed by atoms with van der Waals surface area (Å²) in [4.78, 5) is 14.6. The van der Waals surface area contributed by atoms with Crippen LogP contribution in [0.4, 0.5) is 5.82 Å². The van der Waals surface area contributed by atoms with Gasteiger partial charge in [0.05, 0.1) is 30.8 Å². The molecular weight excluding hydrogens is 464 g/mol. The molecule has 0 saturated carbocycles. The van der Waals surface area contributed by atoms with Crippen LogP contribution in [0.15, 0.2) is 65.6 Å². The van der Waals surface area contributed by atoms with E-state index < -0.39 is 0 Å². The molecule has 1 N–H and O–H groups in total. The van der Waals surface area contributed by atoms with E-state index in [1.165, 1.54) is 16.0 Å². The first-order valence-electron chi connectivity index (χ1n) is 11.3. The molecular formula is C25H24N6OS2. The van der Waals surface area contributed by atoms with Crippen LogP contribution in [0.1, 0.15) is 11.4 Å². The summed E-state index contributed by atoms with van der Waals surface area (Å²) in [6, 6.07) is 14.6. The summed E-state index contributed by atoms with van der Waals surface area (Å²) >= 11 is 3.43. The van der Waals surface area contributed by atoms with Crippen LogP contribution in [0.2, 0.25) is 0 Å². The first-order valence-corrected chi connectivity index (χ1v) is 13.0. The third-order valence-corrected chi connectivity index (χ3v) is 7.68. The lowest BCUT2D eigenvalue weighted by Gasteiger charge is -2.25. The Kier molecular flexibility index (Phi) is 6.07. The number of ether oxygens (including phenoxy) is 1. The largest absolute Gasteiger partial charge is 0.379 e.